The van der Waals surface area contributed by atoms with Crippen molar-refractivity contribution in [3.63, 3.8) is 0 Å². The molecule has 1 unspecified atom stereocenters. The summed E-state index contributed by atoms with van der Waals surface area (Å²) in [6.07, 6.45) is 6.88. The monoisotopic (exact) mass is 254 g/mol. The van der Waals surface area contributed by atoms with Crippen LogP contribution in [0.1, 0.15) is 73.1 Å². The lowest BCUT2D eigenvalue weighted by atomic mass is 9.78. The summed E-state index contributed by atoms with van der Waals surface area (Å²) in [5.74, 6) is 1.46. The van der Waals surface area contributed by atoms with Gasteiger partial charge in [-0.25, -0.2) is 0 Å². The maximum Gasteiger partial charge on any atom is 0.306 e. The van der Waals surface area contributed by atoms with E-state index in [1.807, 2.05) is 0 Å². The van der Waals surface area contributed by atoms with Gasteiger partial charge < -0.3 is 4.74 Å². The summed E-state index contributed by atoms with van der Waals surface area (Å²) >= 11 is 0. The molecule has 1 saturated carbocycles. The van der Waals surface area contributed by atoms with Gasteiger partial charge in [0.05, 0.1) is 0 Å². The van der Waals surface area contributed by atoms with Crippen molar-refractivity contribution >= 4 is 5.97 Å². The maximum atomic E-state index is 12.0. The van der Waals surface area contributed by atoms with Crippen LogP contribution in [0.25, 0.3) is 0 Å². The van der Waals surface area contributed by atoms with Crippen LogP contribution in [-0.2, 0) is 9.53 Å². The van der Waals surface area contributed by atoms with E-state index in [1.165, 1.54) is 32.1 Å². The molecule has 0 saturated heterocycles. The average Bonchev–Trinajstić information content (AvgIpc) is 2.29. The zero-order valence-electron chi connectivity index (χ0n) is 12.8. The molecule has 0 spiro atoms. The van der Waals surface area contributed by atoms with E-state index in [0.717, 1.165) is 0 Å². The van der Waals surface area contributed by atoms with E-state index in [1.54, 1.807) is 0 Å². The van der Waals surface area contributed by atoms with Gasteiger partial charge in [-0.05, 0) is 44.4 Å². The Morgan fingerprint density at radius 2 is 1.72 bits per heavy atom. The quantitative estimate of drug-likeness (QED) is 0.672. The molecule has 0 aromatic heterocycles. The van der Waals surface area contributed by atoms with Crippen molar-refractivity contribution in [2.75, 3.05) is 0 Å². The fourth-order valence-corrected chi connectivity index (χ4v) is 2.71. The minimum absolute atomic E-state index is 0.0215. The highest BCUT2D eigenvalue weighted by atomic mass is 16.6. The fraction of sp³-hybridized carbons (Fsp3) is 0.938. The van der Waals surface area contributed by atoms with E-state index < -0.39 is 0 Å². The molecule has 0 bridgehead atoms. The lowest BCUT2D eigenvalue weighted by Gasteiger charge is -2.36. The van der Waals surface area contributed by atoms with Crippen molar-refractivity contribution in [3.05, 3.63) is 0 Å². The van der Waals surface area contributed by atoms with E-state index in [9.17, 15) is 4.79 Å². The van der Waals surface area contributed by atoms with Gasteiger partial charge in [0.15, 0.2) is 0 Å². The third-order valence-electron chi connectivity index (χ3n) is 4.59. The number of carbonyl (C=O) groups excluding carboxylic acids is 1. The average molecular weight is 254 g/mol. The van der Waals surface area contributed by atoms with Crippen LogP contribution in [-0.4, -0.2) is 11.6 Å². The van der Waals surface area contributed by atoms with Gasteiger partial charge in [-0.15, -0.1) is 0 Å². The third-order valence-corrected chi connectivity index (χ3v) is 4.59. The minimum atomic E-state index is -0.284. The largest absolute Gasteiger partial charge is 0.459 e. The molecule has 0 N–H and O–H groups in total. The molecule has 106 valence electrons. The van der Waals surface area contributed by atoms with Gasteiger partial charge in [0.2, 0.25) is 0 Å². The normalized spacial score (nSPS) is 19.9. The number of rotatable bonds is 5. The van der Waals surface area contributed by atoms with E-state index >= 15 is 0 Å². The van der Waals surface area contributed by atoms with Crippen molar-refractivity contribution in [2.24, 2.45) is 17.8 Å². The lowest BCUT2D eigenvalue weighted by Crippen LogP contribution is -2.38. The van der Waals surface area contributed by atoms with Crippen molar-refractivity contribution in [1.82, 2.24) is 0 Å². The molecule has 1 aliphatic rings. The first kappa shape index (κ1) is 15.5. The number of esters is 1. The zero-order chi connectivity index (χ0) is 13.8. The summed E-state index contributed by atoms with van der Waals surface area (Å²) in [7, 11) is 0. The summed E-state index contributed by atoms with van der Waals surface area (Å²) in [5.41, 5.74) is -0.284. The third kappa shape index (κ3) is 4.62. The second-order valence-electron chi connectivity index (χ2n) is 6.84. The molecule has 0 aromatic rings. The molecule has 1 rings (SSSR count). The number of hydrogen-bond donors (Lipinski definition) is 0. The minimum Gasteiger partial charge on any atom is -0.459 e. The van der Waals surface area contributed by atoms with Crippen LogP contribution < -0.4 is 0 Å². The van der Waals surface area contributed by atoms with Crippen LogP contribution in [0.5, 0.6) is 0 Å². The van der Waals surface area contributed by atoms with Gasteiger partial charge in [-0.1, -0.05) is 40.0 Å². The molecule has 0 aliphatic heterocycles. The second-order valence-corrected chi connectivity index (χ2v) is 6.84. The standard InChI is InChI=1S/C16H30O2/c1-12(2)13(3)11-15(17)18-16(4,5)14-9-7-6-8-10-14/h12-14H,6-11H2,1-5H3. The molecule has 0 radical (unpaired) electrons. The summed E-state index contributed by atoms with van der Waals surface area (Å²) in [6, 6.07) is 0. The fourth-order valence-electron chi connectivity index (χ4n) is 2.71. The van der Waals surface area contributed by atoms with Crippen molar-refractivity contribution in [2.45, 2.75) is 78.7 Å². The van der Waals surface area contributed by atoms with Gasteiger partial charge in [-0.3, -0.25) is 4.79 Å². The predicted molar refractivity (Wildman–Crippen MR) is 75.4 cm³/mol. The van der Waals surface area contributed by atoms with Crippen LogP contribution in [0.4, 0.5) is 0 Å². The molecule has 0 heterocycles. The maximum absolute atomic E-state index is 12.0. The molecule has 2 heteroatoms. The molecule has 0 amide bonds. The highest BCUT2D eigenvalue weighted by Crippen LogP contribution is 2.35. The molecule has 0 aromatic carbocycles. The molecular formula is C16H30O2. The first-order valence-corrected chi connectivity index (χ1v) is 7.54. The Bertz CT molecular complexity index is 262. The van der Waals surface area contributed by atoms with E-state index in [0.29, 0.717) is 24.2 Å². The Balaban J connectivity index is 2.45. The Morgan fingerprint density at radius 3 is 2.22 bits per heavy atom. The van der Waals surface area contributed by atoms with E-state index in [-0.39, 0.29) is 11.6 Å². The molecule has 1 fully saturated rings. The van der Waals surface area contributed by atoms with Gasteiger partial charge in [0.1, 0.15) is 5.60 Å². The molecule has 1 atom stereocenters. The smallest absolute Gasteiger partial charge is 0.306 e. The highest BCUT2D eigenvalue weighted by molar-refractivity contribution is 5.70. The highest BCUT2D eigenvalue weighted by Gasteiger charge is 2.34. The van der Waals surface area contributed by atoms with E-state index in [4.69, 9.17) is 4.74 Å². The Morgan fingerprint density at radius 1 is 1.17 bits per heavy atom. The van der Waals surface area contributed by atoms with Gasteiger partial charge in [-0.2, -0.15) is 0 Å². The lowest BCUT2D eigenvalue weighted by molar-refractivity contribution is -0.164. The van der Waals surface area contributed by atoms with Gasteiger partial charge >= 0.3 is 5.97 Å². The topological polar surface area (TPSA) is 26.3 Å². The van der Waals surface area contributed by atoms with Crippen molar-refractivity contribution in [1.29, 1.82) is 0 Å². The number of hydrogen-bond acceptors (Lipinski definition) is 2. The van der Waals surface area contributed by atoms with Crippen LogP contribution >= 0.6 is 0 Å². The van der Waals surface area contributed by atoms with Crippen molar-refractivity contribution in [3.8, 4) is 0 Å². The van der Waals surface area contributed by atoms with Crippen molar-refractivity contribution < 1.29 is 9.53 Å². The van der Waals surface area contributed by atoms with Crippen LogP contribution in [0, 0.1) is 17.8 Å². The van der Waals surface area contributed by atoms with Crippen LogP contribution in [0.2, 0.25) is 0 Å². The van der Waals surface area contributed by atoms with Gasteiger partial charge in [0, 0.05) is 6.42 Å². The molecule has 1 aliphatic carbocycles. The Hall–Kier alpha value is -0.530. The molecular weight excluding hydrogens is 224 g/mol. The summed E-state index contributed by atoms with van der Waals surface area (Å²) in [5, 5.41) is 0. The van der Waals surface area contributed by atoms with E-state index in [2.05, 4.69) is 34.6 Å². The first-order chi connectivity index (χ1) is 8.33. The first-order valence-electron chi connectivity index (χ1n) is 7.54. The van der Waals surface area contributed by atoms with Crippen LogP contribution in [0.3, 0.4) is 0 Å². The second kappa shape index (κ2) is 6.58. The molecule has 2 nitrogen and oxygen atoms in total. The predicted octanol–water partition coefficient (Wildman–Crippen LogP) is 4.57. The zero-order valence-corrected chi connectivity index (χ0v) is 12.8. The summed E-state index contributed by atoms with van der Waals surface area (Å²) in [6.45, 7) is 10.6. The molecule has 18 heavy (non-hydrogen) atoms. The Labute approximate surface area is 112 Å². The number of ether oxygens (including phenoxy) is 1. The summed E-state index contributed by atoms with van der Waals surface area (Å²) < 4.78 is 5.76. The SMILES string of the molecule is CC(C)C(C)CC(=O)OC(C)(C)C1CCCCC1. The number of carbonyl (C=O) groups is 1. The van der Waals surface area contributed by atoms with Gasteiger partial charge in [0.25, 0.3) is 0 Å². The summed E-state index contributed by atoms with van der Waals surface area (Å²) in [4.78, 5) is 12.0. The van der Waals surface area contributed by atoms with Crippen LogP contribution in [0.15, 0.2) is 0 Å². The Kier molecular flexibility index (Phi) is 5.68.